The number of nitrogens with zero attached hydrogens (tertiary/aromatic N) is 2. The largest absolute Gasteiger partial charge is 0.286 e. The Balaban J connectivity index is 2.59. The predicted octanol–water partition coefficient (Wildman–Crippen LogP) is 0.323. The molecule has 0 aromatic carbocycles. The van der Waals surface area contributed by atoms with Crippen LogP contribution >= 0.6 is 11.7 Å². The van der Waals surface area contributed by atoms with Crippen LogP contribution in [0.4, 0.5) is 0 Å². The van der Waals surface area contributed by atoms with Crippen molar-refractivity contribution in [2.45, 2.75) is 0 Å². The lowest BCUT2D eigenvalue weighted by molar-refractivity contribution is -0.671. The first-order chi connectivity index (χ1) is 6.27. The van der Waals surface area contributed by atoms with E-state index in [0.29, 0.717) is 5.69 Å². The van der Waals surface area contributed by atoms with Gasteiger partial charge in [0.05, 0.1) is 5.56 Å². The SMILES string of the molecule is C[n+]1cccc(-c2ns[nH]c2=O)c1. The summed E-state index contributed by atoms with van der Waals surface area (Å²) in [4.78, 5) is 11.2. The molecule has 0 radical (unpaired) electrons. The van der Waals surface area contributed by atoms with Crippen LogP contribution in [0.15, 0.2) is 29.3 Å². The van der Waals surface area contributed by atoms with Gasteiger partial charge in [-0.15, -0.1) is 0 Å². The van der Waals surface area contributed by atoms with E-state index in [9.17, 15) is 4.79 Å². The number of aromatic amines is 1. The molecular weight excluding hydrogens is 186 g/mol. The fraction of sp³-hybridized carbons (Fsp3) is 0.125. The summed E-state index contributed by atoms with van der Waals surface area (Å²) in [6.07, 6.45) is 3.77. The van der Waals surface area contributed by atoms with Crippen molar-refractivity contribution in [2.24, 2.45) is 7.05 Å². The van der Waals surface area contributed by atoms with Gasteiger partial charge in [-0.25, -0.2) is 4.57 Å². The minimum Gasteiger partial charge on any atom is -0.266 e. The molecule has 0 spiro atoms. The van der Waals surface area contributed by atoms with Crippen LogP contribution in [-0.2, 0) is 7.05 Å². The molecule has 4 nitrogen and oxygen atoms in total. The van der Waals surface area contributed by atoms with Crippen molar-refractivity contribution >= 4 is 11.7 Å². The van der Waals surface area contributed by atoms with Gasteiger partial charge in [0, 0.05) is 17.8 Å². The van der Waals surface area contributed by atoms with Crippen molar-refractivity contribution in [1.82, 2.24) is 8.75 Å². The Kier molecular flexibility index (Phi) is 1.94. The Morgan fingerprint density at radius 3 is 3.08 bits per heavy atom. The van der Waals surface area contributed by atoms with Crippen molar-refractivity contribution in [1.29, 1.82) is 0 Å². The lowest BCUT2D eigenvalue weighted by Crippen LogP contribution is -2.26. The molecule has 0 bridgehead atoms. The molecule has 66 valence electrons. The van der Waals surface area contributed by atoms with Crippen molar-refractivity contribution < 1.29 is 4.57 Å². The number of hydrogen-bond acceptors (Lipinski definition) is 3. The van der Waals surface area contributed by atoms with E-state index in [1.54, 1.807) is 0 Å². The molecule has 0 aliphatic rings. The monoisotopic (exact) mass is 194 g/mol. The number of nitrogens with one attached hydrogen (secondary N) is 1. The van der Waals surface area contributed by atoms with Crippen LogP contribution in [0.2, 0.25) is 0 Å². The van der Waals surface area contributed by atoms with Crippen molar-refractivity contribution in [3.63, 3.8) is 0 Å². The fourth-order valence-corrected chi connectivity index (χ4v) is 1.62. The predicted molar refractivity (Wildman–Crippen MR) is 49.3 cm³/mol. The van der Waals surface area contributed by atoms with Crippen LogP contribution in [0.5, 0.6) is 0 Å². The molecule has 2 aromatic rings. The van der Waals surface area contributed by atoms with Gasteiger partial charge in [0.1, 0.15) is 7.05 Å². The van der Waals surface area contributed by atoms with Crippen LogP contribution in [0.25, 0.3) is 11.3 Å². The van der Waals surface area contributed by atoms with Gasteiger partial charge in [0.2, 0.25) is 0 Å². The first-order valence-corrected chi connectivity index (χ1v) is 4.55. The Labute approximate surface area is 78.8 Å². The van der Waals surface area contributed by atoms with Crippen molar-refractivity contribution in [3.05, 3.63) is 34.9 Å². The molecule has 1 N–H and O–H groups in total. The van der Waals surface area contributed by atoms with E-state index in [1.165, 1.54) is 0 Å². The van der Waals surface area contributed by atoms with E-state index in [1.807, 2.05) is 36.1 Å². The van der Waals surface area contributed by atoms with Crippen LogP contribution in [-0.4, -0.2) is 8.75 Å². The lowest BCUT2D eigenvalue weighted by atomic mass is 10.2. The Hall–Kier alpha value is -1.49. The van der Waals surface area contributed by atoms with E-state index >= 15 is 0 Å². The van der Waals surface area contributed by atoms with E-state index in [2.05, 4.69) is 8.75 Å². The summed E-state index contributed by atoms with van der Waals surface area (Å²) < 4.78 is 8.42. The molecule has 5 heteroatoms. The minimum atomic E-state index is -0.129. The smallest absolute Gasteiger partial charge is 0.266 e. The third-order valence-corrected chi connectivity index (χ3v) is 2.25. The first-order valence-electron chi connectivity index (χ1n) is 3.77. The highest BCUT2D eigenvalue weighted by Gasteiger charge is 2.08. The van der Waals surface area contributed by atoms with Gasteiger partial charge in [-0.1, -0.05) is 0 Å². The Morgan fingerprint density at radius 1 is 1.62 bits per heavy atom. The highest BCUT2D eigenvalue weighted by molar-refractivity contribution is 6.99. The molecular formula is C8H8N3OS+. The second-order valence-electron chi connectivity index (χ2n) is 2.72. The summed E-state index contributed by atoms with van der Waals surface area (Å²) in [5, 5.41) is 0. The third-order valence-electron chi connectivity index (χ3n) is 1.70. The standard InChI is InChI=1S/C8H7N3OS/c1-11-4-2-3-6(5-11)7-8(12)10-13-9-7/h2-5H,1H3/p+1. The number of aryl methyl sites for hydroxylation is 1. The van der Waals surface area contributed by atoms with Crippen molar-refractivity contribution in [2.75, 3.05) is 0 Å². The highest BCUT2D eigenvalue weighted by atomic mass is 32.1. The van der Waals surface area contributed by atoms with Gasteiger partial charge in [-0.05, 0) is 6.07 Å². The van der Waals surface area contributed by atoms with E-state index in [-0.39, 0.29) is 5.56 Å². The van der Waals surface area contributed by atoms with E-state index < -0.39 is 0 Å². The average Bonchev–Trinajstić information content (AvgIpc) is 2.51. The third kappa shape index (κ3) is 1.50. The molecule has 2 aromatic heterocycles. The van der Waals surface area contributed by atoms with Gasteiger partial charge in [-0.2, -0.15) is 4.37 Å². The summed E-state index contributed by atoms with van der Waals surface area (Å²) in [7, 11) is 1.91. The van der Waals surface area contributed by atoms with E-state index in [4.69, 9.17) is 0 Å². The molecule has 0 saturated heterocycles. The Morgan fingerprint density at radius 2 is 2.46 bits per heavy atom. The summed E-state index contributed by atoms with van der Waals surface area (Å²) in [5.74, 6) is 0. The molecule has 0 saturated carbocycles. The van der Waals surface area contributed by atoms with Crippen molar-refractivity contribution in [3.8, 4) is 11.3 Å². The van der Waals surface area contributed by atoms with Crippen LogP contribution in [0.1, 0.15) is 0 Å². The average molecular weight is 194 g/mol. The van der Waals surface area contributed by atoms with Gasteiger partial charge < -0.3 is 0 Å². The number of pyridine rings is 1. The zero-order chi connectivity index (χ0) is 9.26. The maximum Gasteiger partial charge on any atom is 0.286 e. The molecule has 2 rings (SSSR count). The molecule has 0 unspecified atom stereocenters. The molecule has 0 aliphatic heterocycles. The minimum absolute atomic E-state index is 0.129. The molecule has 2 heterocycles. The number of rotatable bonds is 1. The number of hydrogen-bond donors (Lipinski definition) is 1. The fourth-order valence-electron chi connectivity index (χ4n) is 1.11. The second-order valence-corrected chi connectivity index (χ2v) is 3.29. The zero-order valence-corrected chi connectivity index (χ0v) is 7.84. The quantitative estimate of drug-likeness (QED) is 0.665. The maximum absolute atomic E-state index is 11.2. The van der Waals surface area contributed by atoms with Gasteiger partial charge in [-0.3, -0.25) is 9.17 Å². The lowest BCUT2D eigenvalue weighted by Gasteiger charge is -1.90. The number of H-pyrrole nitrogens is 1. The van der Waals surface area contributed by atoms with Crippen LogP contribution < -0.4 is 10.1 Å². The Bertz CT molecular complexity index is 474. The first kappa shape index (κ1) is 8.12. The molecule has 0 fully saturated rings. The maximum atomic E-state index is 11.2. The van der Waals surface area contributed by atoms with E-state index in [0.717, 1.165) is 17.3 Å². The van der Waals surface area contributed by atoms with Crippen LogP contribution in [0, 0.1) is 0 Å². The highest BCUT2D eigenvalue weighted by Crippen LogP contribution is 2.09. The summed E-state index contributed by atoms with van der Waals surface area (Å²) in [6, 6.07) is 3.75. The summed E-state index contributed by atoms with van der Waals surface area (Å²) >= 11 is 1.07. The normalized spacial score (nSPS) is 10.2. The molecule has 0 aliphatic carbocycles. The molecule has 0 amide bonds. The van der Waals surface area contributed by atoms with Gasteiger partial charge in [0.15, 0.2) is 18.1 Å². The molecule has 0 atom stereocenters. The zero-order valence-electron chi connectivity index (χ0n) is 7.02. The number of aromatic nitrogens is 3. The summed E-state index contributed by atoms with van der Waals surface area (Å²) in [6.45, 7) is 0. The van der Waals surface area contributed by atoms with Gasteiger partial charge >= 0.3 is 0 Å². The molecule has 13 heavy (non-hydrogen) atoms. The van der Waals surface area contributed by atoms with Crippen LogP contribution in [0.3, 0.4) is 0 Å². The second kappa shape index (κ2) is 3.10. The topological polar surface area (TPSA) is 49.6 Å². The summed E-state index contributed by atoms with van der Waals surface area (Å²) in [5.41, 5.74) is 1.20. The van der Waals surface area contributed by atoms with Gasteiger partial charge in [0.25, 0.3) is 5.56 Å².